The van der Waals surface area contributed by atoms with Gasteiger partial charge in [0.25, 0.3) is 0 Å². The molecule has 0 bridgehead atoms. The molecule has 0 aliphatic heterocycles. The molecule has 0 unspecified atom stereocenters. The van der Waals surface area contributed by atoms with Crippen molar-refractivity contribution in [2.24, 2.45) is 0 Å². The van der Waals surface area contributed by atoms with E-state index in [4.69, 9.17) is 0 Å². The maximum Gasteiger partial charge on any atom is 0.0711 e. The molecule has 1 nitrogen and oxygen atoms in total. The van der Waals surface area contributed by atoms with Crippen LogP contribution >= 0.6 is 11.3 Å². The molecule has 2 heteroatoms. The van der Waals surface area contributed by atoms with E-state index in [-0.39, 0.29) is 0 Å². The van der Waals surface area contributed by atoms with Crippen LogP contribution in [-0.4, -0.2) is 0 Å². The monoisotopic (exact) mass is 669 g/mol. The van der Waals surface area contributed by atoms with Crippen LogP contribution in [0, 0.1) is 0 Å². The molecule has 1 aromatic heterocycles. The standard InChI is InChI=1S/C49H35NS/c1-5-15-36(16-6-1)49(37-17-7-2-8-18-37)45-31-34(35-26-29-44-43-23-13-14-24-47(43)51-48(44)32-35)25-28-41(45)42-30-27-40(33-46(42)49)50(38-19-9-3-10-20-38)39-21-11-4-12-22-39/h1-24,26-27,29-33H,25,28H2. The molecular weight excluding hydrogens is 635 g/mol. The highest BCUT2D eigenvalue weighted by Gasteiger charge is 2.48. The molecule has 0 radical (unpaired) electrons. The van der Waals surface area contributed by atoms with Crippen molar-refractivity contribution in [3.63, 3.8) is 0 Å². The summed E-state index contributed by atoms with van der Waals surface area (Å²) in [6, 6.07) is 67.0. The van der Waals surface area contributed by atoms with E-state index in [1.54, 1.807) is 0 Å². The van der Waals surface area contributed by atoms with Crippen molar-refractivity contribution in [2.75, 3.05) is 4.90 Å². The summed E-state index contributed by atoms with van der Waals surface area (Å²) in [7, 11) is 0. The Balaban J connectivity index is 1.21. The van der Waals surface area contributed by atoms with E-state index < -0.39 is 5.41 Å². The summed E-state index contributed by atoms with van der Waals surface area (Å²) in [5, 5.41) is 2.70. The van der Waals surface area contributed by atoms with E-state index in [1.165, 1.54) is 64.7 Å². The zero-order valence-electron chi connectivity index (χ0n) is 28.2. The quantitative estimate of drug-likeness (QED) is 0.170. The molecule has 1 heterocycles. The number of fused-ring (bicyclic) bond motifs is 5. The van der Waals surface area contributed by atoms with Crippen molar-refractivity contribution < 1.29 is 0 Å². The number of benzene rings is 7. The first kappa shape index (κ1) is 29.9. The summed E-state index contributed by atoms with van der Waals surface area (Å²) in [5.41, 5.74) is 13.8. The van der Waals surface area contributed by atoms with E-state index in [9.17, 15) is 0 Å². The Morgan fingerprint density at radius 2 is 1.06 bits per heavy atom. The van der Waals surface area contributed by atoms with Crippen molar-refractivity contribution in [2.45, 2.75) is 18.3 Å². The number of allylic oxidation sites excluding steroid dienone is 4. The molecule has 8 aromatic rings. The van der Waals surface area contributed by atoms with Gasteiger partial charge in [-0.25, -0.2) is 0 Å². The van der Waals surface area contributed by atoms with E-state index in [2.05, 4.69) is 193 Å². The maximum absolute atomic E-state index is 2.55. The minimum atomic E-state index is -0.477. The van der Waals surface area contributed by atoms with E-state index in [1.807, 2.05) is 11.3 Å². The zero-order chi connectivity index (χ0) is 33.8. The van der Waals surface area contributed by atoms with Gasteiger partial charge in [-0.1, -0.05) is 140 Å². The number of rotatable bonds is 6. The van der Waals surface area contributed by atoms with E-state index in [0.29, 0.717) is 0 Å². The van der Waals surface area contributed by atoms with E-state index in [0.717, 1.165) is 29.9 Å². The van der Waals surface area contributed by atoms with Crippen LogP contribution < -0.4 is 4.90 Å². The molecule has 10 rings (SSSR count). The van der Waals surface area contributed by atoms with Crippen molar-refractivity contribution in [1.82, 2.24) is 0 Å². The topological polar surface area (TPSA) is 3.24 Å². The summed E-state index contributed by atoms with van der Waals surface area (Å²) in [4.78, 5) is 2.39. The molecule has 0 spiro atoms. The lowest BCUT2D eigenvalue weighted by Crippen LogP contribution is -2.30. The van der Waals surface area contributed by atoms with Gasteiger partial charge in [0, 0.05) is 37.2 Å². The van der Waals surface area contributed by atoms with Crippen molar-refractivity contribution >= 4 is 59.7 Å². The fourth-order valence-corrected chi connectivity index (χ4v) is 9.80. The van der Waals surface area contributed by atoms with Crippen LogP contribution in [0.15, 0.2) is 194 Å². The van der Waals surface area contributed by atoms with Gasteiger partial charge in [0.05, 0.1) is 5.41 Å². The number of anilines is 3. The third-order valence-corrected chi connectivity index (χ3v) is 12.0. The lowest BCUT2D eigenvalue weighted by molar-refractivity contribution is 0.758. The number of thiophene rings is 1. The summed E-state index contributed by atoms with van der Waals surface area (Å²) < 4.78 is 2.70. The molecule has 0 fully saturated rings. The Kier molecular flexibility index (Phi) is 7.11. The Hall–Kier alpha value is -5.96. The van der Waals surface area contributed by atoms with Crippen LogP contribution in [0.5, 0.6) is 0 Å². The van der Waals surface area contributed by atoms with Crippen LogP contribution in [0.1, 0.15) is 40.7 Å². The molecule has 242 valence electrons. The van der Waals surface area contributed by atoms with Gasteiger partial charge in [0.2, 0.25) is 0 Å². The number of para-hydroxylation sites is 2. The smallest absolute Gasteiger partial charge is 0.0711 e. The minimum Gasteiger partial charge on any atom is -0.310 e. The van der Waals surface area contributed by atoms with Gasteiger partial charge in [-0.15, -0.1) is 11.3 Å². The van der Waals surface area contributed by atoms with Crippen molar-refractivity contribution in [1.29, 1.82) is 0 Å². The average molecular weight is 670 g/mol. The summed E-state index contributed by atoms with van der Waals surface area (Å²) in [5.74, 6) is 0. The molecule has 0 amide bonds. The first-order valence-electron chi connectivity index (χ1n) is 17.8. The molecule has 2 aliphatic carbocycles. The highest BCUT2D eigenvalue weighted by Crippen LogP contribution is 2.59. The van der Waals surface area contributed by atoms with Gasteiger partial charge < -0.3 is 4.90 Å². The minimum absolute atomic E-state index is 0.477. The van der Waals surface area contributed by atoms with Gasteiger partial charge in [-0.2, -0.15) is 0 Å². The second-order valence-corrected chi connectivity index (χ2v) is 14.7. The lowest BCUT2D eigenvalue weighted by Gasteiger charge is -2.36. The number of hydrogen-bond acceptors (Lipinski definition) is 2. The summed E-state index contributed by atoms with van der Waals surface area (Å²) in [6.45, 7) is 0. The molecule has 7 aromatic carbocycles. The van der Waals surface area contributed by atoms with Crippen molar-refractivity contribution in [3.8, 4) is 0 Å². The first-order valence-corrected chi connectivity index (χ1v) is 18.6. The summed E-state index contributed by atoms with van der Waals surface area (Å²) in [6.07, 6.45) is 4.57. The third kappa shape index (κ3) is 4.75. The van der Waals surface area contributed by atoms with Crippen LogP contribution in [0.4, 0.5) is 17.1 Å². The average Bonchev–Trinajstić information content (AvgIpc) is 3.72. The van der Waals surface area contributed by atoms with Gasteiger partial charge >= 0.3 is 0 Å². The second kappa shape index (κ2) is 12.1. The van der Waals surface area contributed by atoms with Crippen LogP contribution in [0.3, 0.4) is 0 Å². The fourth-order valence-electron chi connectivity index (χ4n) is 8.65. The predicted octanol–water partition coefficient (Wildman–Crippen LogP) is 13.5. The molecule has 0 atom stereocenters. The van der Waals surface area contributed by atoms with Gasteiger partial charge in [-0.05, 0) is 106 Å². The fraction of sp³-hybridized carbons (Fsp3) is 0.0612. The van der Waals surface area contributed by atoms with Gasteiger partial charge in [0.1, 0.15) is 0 Å². The first-order chi connectivity index (χ1) is 25.3. The van der Waals surface area contributed by atoms with Gasteiger partial charge in [0.15, 0.2) is 0 Å². The largest absolute Gasteiger partial charge is 0.310 e. The van der Waals surface area contributed by atoms with Crippen LogP contribution in [0.25, 0.3) is 31.3 Å². The predicted molar refractivity (Wildman–Crippen MR) is 217 cm³/mol. The lowest BCUT2D eigenvalue weighted by atomic mass is 9.65. The third-order valence-electron chi connectivity index (χ3n) is 10.9. The van der Waals surface area contributed by atoms with Crippen molar-refractivity contribution in [3.05, 3.63) is 221 Å². The Labute approximate surface area is 303 Å². The zero-order valence-corrected chi connectivity index (χ0v) is 29.0. The molecule has 0 N–H and O–H groups in total. The number of nitrogens with zero attached hydrogens (tertiary/aromatic N) is 1. The maximum atomic E-state index is 2.55. The van der Waals surface area contributed by atoms with Crippen LogP contribution in [-0.2, 0) is 5.41 Å². The molecule has 0 saturated heterocycles. The highest BCUT2D eigenvalue weighted by atomic mass is 32.1. The van der Waals surface area contributed by atoms with Gasteiger partial charge in [-0.3, -0.25) is 0 Å². The highest BCUT2D eigenvalue weighted by molar-refractivity contribution is 7.25. The summed E-state index contributed by atoms with van der Waals surface area (Å²) >= 11 is 1.90. The molecule has 51 heavy (non-hydrogen) atoms. The Morgan fingerprint density at radius 1 is 0.471 bits per heavy atom. The normalized spacial score (nSPS) is 14.7. The molecular formula is C49H35NS. The Morgan fingerprint density at radius 3 is 1.73 bits per heavy atom. The van der Waals surface area contributed by atoms with Crippen LogP contribution in [0.2, 0.25) is 0 Å². The number of hydrogen-bond donors (Lipinski definition) is 0. The Bertz CT molecular complexity index is 2540. The van der Waals surface area contributed by atoms with E-state index >= 15 is 0 Å². The molecule has 2 aliphatic rings. The molecule has 0 saturated carbocycles. The second-order valence-electron chi connectivity index (χ2n) is 13.6. The SMILES string of the molecule is C1=C(c2ccc3c(c2)sc2ccccc23)CCC2=C1C(c1ccccc1)(c1ccccc1)c1cc(N(c3ccccc3)c3ccccc3)ccc12.